The van der Waals surface area contributed by atoms with Crippen LogP contribution >= 0.6 is 27.7 Å². The minimum Gasteiger partial charge on any atom is -0.480 e. The van der Waals surface area contributed by atoms with E-state index in [4.69, 9.17) is 0 Å². The number of aliphatic carboxylic acids is 1. The van der Waals surface area contributed by atoms with Crippen molar-refractivity contribution in [3.8, 4) is 0 Å². The predicted molar refractivity (Wildman–Crippen MR) is 107 cm³/mol. The van der Waals surface area contributed by atoms with Crippen LogP contribution in [0.1, 0.15) is 52.9 Å². The Morgan fingerprint density at radius 2 is 1.96 bits per heavy atom. The van der Waals surface area contributed by atoms with E-state index in [0.717, 1.165) is 37.1 Å². The van der Waals surface area contributed by atoms with Gasteiger partial charge in [-0.3, -0.25) is 4.79 Å². The van der Waals surface area contributed by atoms with E-state index in [1.165, 1.54) is 13.8 Å². The highest BCUT2D eigenvalue weighted by molar-refractivity contribution is 9.11. The number of hydrogen-bond acceptors (Lipinski definition) is 5. The van der Waals surface area contributed by atoms with Crippen molar-refractivity contribution in [1.29, 1.82) is 0 Å². The van der Waals surface area contributed by atoms with Crippen LogP contribution in [0.15, 0.2) is 10.6 Å². The van der Waals surface area contributed by atoms with Gasteiger partial charge >= 0.3 is 5.97 Å². The quantitative estimate of drug-likeness (QED) is 0.447. The lowest BCUT2D eigenvalue weighted by Crippen LogP contribution is -2.50. The fourth-order valence-corrected chi connectivity index (χ4v) is 5.34. The van der Waals surface area contributed by atoms with Crippen molar-refractivity contribution in [1.82, 2.24) is 10.6 Å². The molecule has 1 fully saturated rings. The Balaban J connectivity index is 2.02. The van der Waals surface area contributed by atoms with Gasteiger partial charge in [0.2, 0.25) is 0 Å². The van der Waals surface area contributed by atoms with Crippen LogP contribution in [-0.2, 0) is 9.59 Å². The summed E-state index contributed by atoms with van der Waals surface area (Å²) in [7, 11) is 0. The van der Waals surface area contributed by atoms with Crippen molar-refractivity contribution in [3.05, 3.63) is 10.6 Å². The third-order valence-electron chi connectivity index (χ3n) is 5.20. The molecule has 26 heavy (non-hydrogen) atoms. The van der Waals surface area contributed by atoms with Crippen LogP contribution in [0, 0.1) is 11.8 Å². The molecule has 1 saturated carbocycles. The first-order chi connectivity index (χ1) is 12.1. The van der Waals surface area contributed by atoms with Gasteiger partial charge in [0.05, 0.1) is 20.9 Å². The molecule has 4 unspecified atom stereocenters. The zero-order valence-electron chi connectivity index (χ0n) is 15.5. The first-order valence-corrected chi connectivity index (χ1v) is 11.0. The maximum atomic E-state index is 12.7. The van der Waals surface area contributed by atoms with E-state index in [0.29, 0.717) is 18.0 Å². The van der Waals surface area contributed by atoms with Crippen molar-refractivity contribution in [3.63, 3.8) is 0 Å². The van der Waals surface area contributed by atoms with Crippen LogP contribution in [0.2, 0.25) is 0 Å². The Kier molecular flexibility index (Phi) is 7.44. The van der Waals surface area contributed by atoms with E-state index in [1.807, 2.05) is 6.92 Å². The summed E-state index contributed by atoms with van der Waals surface area (Å²) in [4.78, 5) is 24.0. The molecule has 4 N–H and O–H groups in total. The molecule has 1 amide bonds. The smallest absolute Gasteiger partial charge is 0.328 e. The molecule has 0 aromatic heterocycles. The van der Waals surface area contributed by atoms with Crippen LogP contribution in [0.25, 0.3) is 0 Å². The molecule has 1 aliphatic carbocycles. The maximum absolute atomic E-state index is 12.7. The Labute approximate surface area is 167 Å². The molecule has 0 aromatic rings. The van der Waals surface area contributed by atoms with Crippen molar-refractivity contribution >= 4 is 39.6 Å². The van der Waals surface area contributed by atoms with Crippen LogP contribution in [0.5, 0.6) is 0 Å². The van der Waals surface area contributed by atoms with E-state index in [-0.39, 0.29) is 22.1 Å². The number of carboxylic acids is 1. The predicted octanol–water partition coefficient (Wildman–Crippen LogP) is 2.81. The maximum Gasteiger partial charge on any atom is 0.328 e. The number of halogens is 1. The summed E-state index contributed by atoms with van der Waals surface area (Å²) in [6.45, 7) is 5.59. The largest absolute Gasteiger partial charge is 0.480 e. The third kappa shape index (κ3) is 5.16. The summed E-state index contributed by atoms with van der Waals surface area (Å²) < 4.78 is 0.0685. The second-order valence-corrected chi connectivity index (χ2v) is 10.5. The standard InChI is InChI=1S/C18H29BrN2O4S/c1-10-13(15(23)21-18(2,3)17(24)25)16(26-14(10)19)20-9-8-11-6-4-5-7-12(11)22/h10-12,14,20,22H,4-9H2,1-3H3,(H,21,23)(H,24,25). The number of alkyl halides is 1. The van der Waals surface area contributed by atoms with E-state index < -0.39 is 11.5 Å². The summed E-state index contributed by atoms with van der Waals surface area (Å²) in [5, 5.41) is 26.1. The van der Waals surface area contributed by atoms with Gasteiger partial charge in [0.15, 0.2) is 0 Å². The number of nitrogens with one attached hydrogen (secondary N) is 2. The minimum atomic E-state index is -1.32. The van der Waals surface area contributed by atoms with Gasteiger partial charge < -0.3 is 20.8 Å². The first-order valence-electron chi connectivity index (χ1n) is 9.16. The second-order valence-electron chi connectivity index (χ2n) is 7.71. The topological polar surface area (TPSA) is 98.7 Å². The molecule has 0 bridgehead atoms. The lowest BCUT2D eigenvalue weighted by Gasteiger charge is -2.27. The number of aliphatic hydroxyl groups is 1. The molecular formula is C18H29BrN2O4S. The van der Waals surface area contributed by atoms with Gasteiger partial charge in [0, 0.05) is 12.5 Å². The average molecular weight is 449 g/mol. The van der Waals surface area contributed by atoms with Crippen LogP contribution < -0.4 is 10.6 Å². The van der Waals surface area contributed by atoms with Crippen molar-refractivity contribution in [2.45, 2.75) is 68.7 Å². The van der Waals surface area contributed by atoms with Gasteiger partial charge in [0.25, 0.3) is 5.91 Å². The molecule has 1 aliphatic heterocycles. The van der Waals surface area contributed by atoms with Gasteiger partial charge in [-0.2, -0.15) is 0 Å². The molecule has 8 heteroatoms. The molecule has 148 valence electrons. The lowest BCUT2D eigenvalue weighted by molar-refractivity contribution is -0.145. The Bertz CT molecular complexity index is 582. The highest BCUT2D eigenvalue weighted by Gasteiger charge is 2.38. The van der Waals surface area contributed by atoms with E-state index in [1.54, 1.807) is 11.8 Å². The summed E-state index contributed by atoms with van der Waals surface area (Å²) in [5.41, 5.74) is -0.730. The summed E-state index contributed by atoms with van der Waals surface area (Å²) in [6, 6.07) is 0. The monoisotopic (exact) mass is 448 g/mol. The molecule has 2 aliphatic rings. The number of carboxylic acid groups (broad SMARTS) is 1. The number of aliphatic hydroxyl groups excluding tert-OH is 1. The summed E-state index contributed by atoms with van der Waals surface area (Å²) in [6.07, 6.45) is 4.82. The molecule has 0 spiro atoms. The molecule has 0 radical (unpaired) electrons. The van der Waals surface area contributed by atoms with Crippen molar-refractivity contribution in [2.24, 2.45) is 11.8 Å². The number of thioether (sulfide) groups is 1. The SMILES string of the molecule is CC1C(C(=O)NC(C)(C)C(=O)O)=C(NCCC2CCCCC2O)SC1Br. The second kappa shape index (κ2) is 8.97. The van der Waals surface area contributed by atoms with Gasteiger partial charge in [-0.25, -0.2) is 4.79 Å². The Hall–Kier alpha value is -0.730. The van der Waals surface area contributed by atoms with E-state index in [9.17, 15) is 19.8 Å². The summed E-state index contributed by atoms with van der Waals surface area (Å²) >= 11 is 5.13. The van der Waals surface area contributed by atoms with Crippen LogP contribution in [-0.4, -0.2) is 44.4 Å². The van der Waals surface area contributed by atoms with Crippen molar-refractivity contribution < 1.29 is 19.8 Å². The Morgan fingerprint density at radius 1 is 1.31 bits per heavy atom. The van der Waals surface area contributed by atoms with Crippen LogP contribution in [0.4, 0.5) is 0 Å². The summed E-state index contributed by atoms with van der Waals surface area (Å²) in [5.74, 6) is -1.14. The normalized spacial score (nSPS) is 29.6. The van der Waals surface area contributed by atoms with E-state index >= 15 is 0 Å². The molecule has 0 aromatic carbocycles. The van der Waals surface area contributed by atoms with Gasteiger partial charge in [-0.15, -0.1) is 0 Å². The fraction of sp³-hybridized carbons (Fsp3) is 0.778. The van der Waals surface area contributed by atoms with Crippen molar-refractivity contribution in [2.75, 3.05) is 6.54 Å². The van der Waals surface area contributed by atoms with Crippen LogP contribution in [0.3, 0.4) is 0 Å². The molecule has 2 rings (SSSR count). The highest BCUT2D eigenvalue weighted by Crippen LogP contribution is 2.44. The zero-order valence-corrected chi connectivity index (χ0v) is 18.0. The Morgan fingerprint density at radius 3 is 2.58 bits per heavy atom. The number of amides is 1. The number of hydrogen-bond donors (Lipinski definition) is 4. The van der Waals surface area contributed by atoms with Gasteiger partial charge in [0.1, 0.15) is 5.54 Å². The lowest BCUT2D eigenvalue weighted by atomic mass is 9.84. The molecule has 6 nitrogen and oxygen atoms in total. The average Bonchev–Trinajstić information content (AvgIpc) is 2.83. The molecule has 0 saturated heterocycles. The van der Waals surface area contributed by atoms with E-state index in [2.05, 4.69) is 26.6 Å². The molecule has 4 atom stereocenters. The number of carbonyl (C=O) groups is 2. The number of carbonyl (C=O) groups excluding carboxylic acids is 1. The van der Waals surface area contributed by atoms with Gasteiger partial charge in [-0.05, 0) is 39.0 Å². The molecule has 1 heterocycles. The highest BCUT2D eigenvalue weighted by atomic mass is 79.9. The zero-order chi connectivity index (χ0) is 19.5. The first kappa shape index (κ1) is 21.6. The third-order valence-corrected chi connectivity index (χ3v) is 7.79. The number of rotatable bonds is 7. The minimum absolute atomic E-state index is 0.0348. The molecular weight excluding hydrogens is 420 g/mol. The fourth-order valence-electron chi connectivity index (χ4n) is 3.36. The van der Waals surface area contributed by atoms with Gasteiger partial charge in [-0.1, -0.05) is 47.5 Å².